The lowest BCUT2D eigenvalue weighted by molar-refractivity contribution is 0.321. The standard InChI is InChI=1S/C16H28N4/c1-12(13-7-8-13)16(18-17)11-14-9-10-20(19-14)15-5-3-2-4-6-15/h9-10,12-13,15-16,18H,2-8,11,17H2,1H3. The molecule has 2 unspecified atom stereocenters. The van der Waals surface area contributed by atoms with Crippen molar-refractivity contribution in [3.8, 4) is 0 Å². The summed E-state index contributed by atoms with van der Waals surface area (Å²) < 4.78 is 2.20. The van der Waals surface area contributed by atoms with Crippen molar-refractivity contribution in [1.82, 2.24) is 15.2 Å². The molecule has 1 heterocycles. The summed E-state index contributed by atoms with van der Waals surface area (Å²) in [6.07, 6.45) is 12.5. The SMILES string of the molecule is CC(C1CC1)C(Cc1ccn(C2CCCCC2)n1)NN. The Hall–Kier alpha value is -0.870. The Morgan fingerprint density at radius 2 is 2.05 bits per heavy atom. The molecule has 0 spiro atoms. The molecule has 20 heavy (non-hydrogen) atoms. The van der Waals surface area contributed by atoms with Crippen LogP contribution in [0.5, 0.6) is 0 Å². The summed E-state index contributed by atoms with van der Waals surface area (Å²) in [4.78, 5) is 0. The predicted molar refractivity (Wildman–Crippen MR) is 81.1 cm³/mol. The lowest BCUT2D eigenvalue weighted by atomic mass is 9.93. The molecule has 2 aliphatic rings. The Kier molecular flexibility index (Phi) is 4.41. The van der Waals surface area contributed by atoms with Gasteiger partial charge in [0.2, 0.25) is 0 Å². The minimum atomic E-state index is 0.359. The van der Waals surface area contributed by atoms with Gasteiger partial charge in [0.1, 0.15) is 0 Å². The quantitative estimate of drug-likeness (QED) is 0.620. The second kappa shape index (κ2) is 6.27. The molecule has 112 valence electrons. The third-order valence-corrected chi connectivity index (χ3v) is 5.26. The van der Waals surface area contributed by atoms with Gasteiger partial charge in [-0.2, -0.15) is 5.10 Å². The van der Waals surface area contributed by atoms with Gasteiger partial charge in [-0.15, -0.1) is 0 Å². The third-order valence-electron chi connectivity index (χ3n) is 5.26. The minimum Gasteiger partial charge on any atom is -0.271 e. The molecule has 2 atom stereocenters. The molecule has 3 N–H and O–H groups in total. The zero-order chi connectivity index (χ0) is 13.9. The van der Waals surface area contributed by atoms with Crippen LogP contribution >= 0.6 is 0 Å². The minimum absolute atomic E-state index is 0.359. The van der Waals surface area contributed by atoms with Crippen molar-refractivity contribution in [3.63, 3.8) is 0 Å². The van der Waals surface area contributed by atoms with Crippen molar-refractivity contribution in [2.75, 3.05) is 0 Å². The Labute approximate surface area is 122 Å². The van der Waals surface area contributed by atoms with E-state index < -0.39 is 0 Å². The average Bonchev–Trinajstić information content (AvgIpc) is 3.24. The normalized spacial score (nSPS) is 23.7. The van der Waals surface area contributed by atoms with Gasteiger partial charge in [0, 0.05) is 18.7 Å². The second-order valence-corrected chi connectivity index (χ2v) is 6.75. The lowest BCUT2D eigenvalue weighted by Gasteiger charge is -2.23. The van der Waals surface area contributed by atoms with Crippen LogP contribution in [0.15, 0.2) is 12.3 Å². The summed E-state index contributed by atoms with van der Waals surface area (Å²) in [6.45, 7) is 2.32. The maximum Gasteiger partial charge on any atom is 0.0640 e. The van der Waals surface area contributed by atoms with E-state index in [0.29, 0.717) is 18.0 Å². The van der Waals surface area contributed by atoms with E-state index in [4.69, 9.17) is 10.9 Å². The third kappa shape index (κ3) is 3.23. The van der Waals surface area contributed by atoms with Crippen LogP contribution in [0.1, 0.15) is 63.6 Å². The topological polar surface area (TPSA) is 55.9 Å². The molecule has 0 saturated heterocycles. The first-order chi connectivity index (χ1) is 9.78. The van der Waals surface area contributed by atoms with Crippen LogP contribution in [-0.4, -0.2) is 15.8 Å². The lowest BCUT2D eigenvalue weighted by Crippen LogP contribution is -2.42. The van der Waals surface area contributed by atoms with Gasteiger partial charge in [0.05, 0.1) is 11.7 Å². The van der Waals surface area contributed by atoms with Crippen molar-refractivity contribution in [2.45, 2.75) is 70.4 Å². The van der Waals surface area contributed by atoms with Crippen molar-refractivity contribution in [2.24, 2.45) is 17.7 Å². The largest absolute Gasteiger partial charge is 0.271 e. The highest BCUT2D eigenvalue weighted by Gasteiger charge is 2.33. The zero-order valence-electron chi connectivity index (χ0n) is 12.6. The van der Waals surface area contributed by atoms with Crippen LogP contribution in [-0.2, 0) is 6.42 Å². The Morgan fingerprint density at radius 3 is 2.70 bits per heavy atom. The van der Waals surface area contributed by atoms with Gasteiger partial charge in [-0.1, -0.05) is 26.2 Å². The molecule has 4 nitrogen and oxygen atoms in total. The number of nitrogens with two attached hydrogens (primary N) is 1. The Balaban J connectivity index is 1.60. The molecule has 0 aliphatic heterocycles. The molecule has 0 bridgehead atoms. The number of hydrazine groups is 1. The highest BCUT2D eigenvalue weighted by Crippen LogP contribution is 2.38. The fourth-order valence-electron chi connectivity index (χ4n) is 3.61. The van der Waals surface area contributed by atoms with Crippen LogP contribution in [0.25, 0.3) is 0 Å². The number of aromatic nitrogens is 2. The van der Waals surface area contributed by atoms with Gasteiger partial charge in [-0.05, 0) is 43.6 Å². The number of nitrogens with zero attached hydrogens (tertiary/aromatic N) is 2. The number of hydrogen-bond donors (Lipinski definition) is 2. The molecule has 0 amide bonds. The molecule has 0 aromatic carbocycles. The molecule has 1 aromatic rings. The smallest absolute Gasteiger partial charge is 0.0640 e. The molecule has 1 aromatic heterocycles. The van der Waals surface area contributed by atoms with E-state index in [-0.39, 0.29) is 0 Å². The van der Waals surface area contributed by atoms with Gasteiger partial charge >= 0.3 is 0 Å². The van der Waals surface area contributed by atoms with Crippen LogP contribution < -0.4 is 11.3 Å². The Morgan fingerprint density at radius 1 is 1.30 bits per heavy atom. The fraction of sp³-hybridized carbons (Fsp3) is 0.812. The molecule has 2 aliphatic carbocycles. The highest BCUT2D eigenvalue weighted by molar-refractivity contribution is 5.04. The van der Waals surface area contributed by atoms with Crippen molar-refractivity contribution < 1.29 is 0 Å². The van der Waals surface area contributed by atoms with Gasteiger partial charge < -0.3 is 0 Å². The summed E-state index contributed by atoms with van der Waals surface area (Å²) in [7, 11) is 0. The van der Waals surface area contributed by atoms with E-state index in [1.165, 1.54) is 50.6 Å². The van der Waals surface area contributed by atoms with E-state index in [9.17, 15) is 0 Å². The van der Waals surface area contributed by atoms with E-state index in [2.05, 4.69) is 29.3 Å². The first-order valence-electron chi connectivity index (χ1n) is 8.28. The molecule has 0 radical (unpaired) electrons. The van der Waals surface area contributed by atoms with Crippen molar-refractivity contribution >= 4 is 0 Å². The van der Waals surface area contributed by atoms with Gasteiger partial charge in [0.15, 0.2) is 0 Å². The first-order valence-corrected chi connectivity index (χ1v) is 8.28. The number of nitrogens with one attached hydrogen (secondary N) is 1. The number of rotatable bonds is 6. The van der Waals surface area contributed by atoms with Gasteiger partial charge in [-0.25, -0.2) is 0 Å². The molecule has 2 fully saturated rings. The molecule has 2 saturated carbocycles. The van der Waals surface area contributed by atoms with Crippen LogP contribution in [0.3, 0.4) is 0 Å². The molecular weight excluding hydrogens is 248 g/mol. The van der Waals surface area contributed by atoms with Crippen LogP contribution in [0, 0.1) is 11.8 Å². The van der Waals surface area contributed by atoms with E-state index in [0.717, 1.165) is 12.3 Å². The summed E-state index contributed by atoms with van der Waals surface area (Å²) >= 11 is 0. The second-order valence-electron chi connectivity index (χ2n) is 6.75. The van der Waals surface area contributed by atoms with Crippen LogP contribution in [0.2, 0.25) is 0 Å². The molecule has 4 heteroatoms. The maximum atomic E-state index is 5.75. The zero-order valence-corrected chi connectivity index (χ0v) is 12.6. The fourth-order valence-corrected chi connectivity index (χ4v) is 3.61. The highest BCUT2D eigenvalue weighted by atomic mass is 15.3. The molecular formula is C16H28N4. The van der Waals surface area contributed by atoms with E-state index in [1.54, 1.807) is 0 Å². The predicted octanol–water partition coefficient (Wildman–Crippen LogP) is 2.81. The summed E-state index contributed by atoms with van der Waals surface area (Å²) in [5, 5.41) is 4.80. The van der Waals surface area contributed by atoms with Crippen molar-refractivity contribution in [1.29, 1.82) is 0 Å². The Bertz CT molecular complexity index is 418. The average molecular weight is 276 g/mol. The van der Waals surface area contributed by atoms with Crippen LogP contribution in [0.4, 0.5) is 0 Å². The maximum absolute atomic E-state index is 5.75. The van der Waals surface area contributed by atoms with E-state index in [1.807, 2.05) is 0 Å². The van der Waals surface area contributed by atoms with Gasteiger partial charge in [0.25, 0.3) is 0 Å². The number of hydrogen-bond acceptors (Lipinski definition) is 3. The summed E-state index contributed by atoms with van der Waals surface area (Å²) in [5.74, 6) is 7.28. The monoisotopic (exact) mass is 276 g/mol. The van der Waals surface area contributed by atoms with Crippen molar-refractivity contribution in [3.05, 3.63) is 18.0 Å². The first kappa shape index (κ1) is 14.1. The van der Waals surface area contributed by atoms with E-state index >= 15 is 0 Å². The van der Waals surface area contributed by atoms with Gasteiger partial charge in [-0.3, -0.25) is 16.0 Å². The summed E-state index contributed by atoms with van der Waals surface area (Å²) in [6, 6.07) is 3.17. The summed E-state index contributed by atoms with van der Waals surface area (Å²) in [5.41, 5.74) is 4.20. The molecule has 3 rings (SSSR count).